The second-order valence-corrected chi connectivity index (χ2v) is 8.29. The molecule has 4 rings (SSSR count). The Hall–Kier alpha value is -3.10. The van der Waals surface area contributed by atoms with Crippen molar-refractivity contribution in [2.24, 2.45) is 0 Å². The molecule has 0 atom stereocenters. The molecule has 168 valence electrons. The van der Waals surface area contributed by atoms with Crippen LogP contribution in [0.5, 0.6) is 0 Å². The number of amides is 1. The molecule has 0 saturated carbocycles. The van der Waals surface area contributed by atoms with Crippen molar-refractivity contribution in [3.05, 3.63) is 69.2 Å². The molecule has 1 aromatic heterocycles. The van der Waals surface area contributed by atoms with Gasteiger partial charge in [-0.1, -0.05) is 11.6 Å². The van der Waals surface area contributed by atoms with Crippen LogP contribution in [0, 0.1) is 5.82 Å². The summed E-state index contributed by atoms with van der Waals surface area (Å²) in [5.74, 6) is -1.06. The van der Waals surface area contributed by atoms with Crippen LogP contribution < -0.4 is 21.2 Å². The first-order valence-electron chi connectivity index (χ1n) is 10.5. The summed E-state index contributed by atoms with van der Waals surface area (Å²) in [6, 6.07) is 9.72. The van der Waals surface area contributed by atoms with Crippen LogP contribution in [0.3, 0.4) is 0 Å². The van der Waals surface area contributed by atoms with E-state index in [4.69, 9.17) is 11.6 Å². The standard InChI is InChI=1S/C23H25ClFN5O2/c1-3-29-14-18(23(32)27-26-16-6-4-15(24)5-7-16)22(31)17-12-19(25)21(13-20(17)29)30-10-8-28(2)9-11-30/h4-7,12-14,26H,3,8-11H2,1-2H3,(H,27,32). The predicted molar refractivity (Wildman–Crippen MR) is 126 cm³/mol. The number of halogens is 2. The third kappa shape index (κ3) is 4.42. The maximum atomic E-state index is 15.0. The monoisotopic (exact) mass is 457 g/mol. The minimum Gasteiger partial charge on any atom is -0.367 e. The summed E-state index contributed by atoms with van der Waals surface area (Å²) < 4.78 is 16.8. The van der Waals surface area contributed by atoms with Gasteiger partial charge >= 0.3 is 0 Å². The summed E-state index contributed by atoms with van der Waals surface area (Å²) in [7, 11) is 2.04. The lowest BCUT2D eigenvalue weighted by atomic mass is 10.1. The summed E-state index contributed by atoms with van der Waals surface area (Å²) in [5, 5.41) is 0.751. The highest BCUT2D eigenvalue weighted by Gasteiger charge is 2.21. The molecule has 9 heteroatoms. The first kappa shape index (κ1) is 22.1. The number of carbonyl (C=O) groups excluding carboxylic acids is 1. The first-order chi connectivity index (χ1) is 15.4. The molecule has 0 unspecified atom stereocenters. The number of pyridine rings is 1. The number of benzene rings is 2. The van der Waals surface area contributed by atoms with Gasteiger partial charge in [0.25, 0.3) is 5.91 Å². The van der Waals surface area contributed by atoms with E-state index >= 15 is 4.39 Å². The fourth-order valence-electron chi connectivity index (χ4n) is 3.84. The molecule has 2 heterocycles. The van der Waals surface area contributed by atoms with Gasteiger partial charge in [0.1, 0.15) is 11.4 Å². The van der Waals surface area contributed by atoms with Gasteiger partial charge in [0, 0.05) is 49.3 Å². The molecular formula is C23H25ClFN5O2. The lowest BCUT2D eigenvalue weighted by Gasteiger charge is -2.34. The number of fused-ring (bicyclic) bond motifs is 1. The molecule has 0 radical (unpaired) electrons. The number of nitrogens with one attached hydrogen (secondary N) is 2. The van der Waals surface area contributed by atoms with E-state index in [9.17, 15) is 9.59 Å². The van der Waals surface area contributed by atoms with Gasteiger partial charge in [-0.3, -0.25) is 20.4 Å². The minimum atomic E-state index is -0.599. The van der Waals surface area contributed by atoms with Crippen molar-refractivity contribution in [2.45, 2.75) is 13.5 Å². The number of likely N-dealkylation sites (N-methyl/N-ethyl adjacent to an activating group) is 1. The van der Waals surface area contributed by atoms with Gasteiger partial charge in [-0.25, -0.2) is 4.39 Å². The lowest BCUT2D eigenvalue weighted by molar-refractivity contribution is 0.0961. The molecule has 2 aromatic carbocycles. The number of hydrogen-bond acceptors (Lipinski definition) is 5. The van der Waals surface area contributed by atoms with Crippen LogP contribution in [0.4, 0.5) is 15.8 Å². The Bertz CT molecular complexity index is 1200. The second-order valence-electron chi connectivity index (χ2n) is 7.86. The van der Waals surface area contributed by atoms with Gasteiger partial charge < -0.3 is 14.4 Å². The first-order valence-corrected chi connectivity index (χ1v) is 10.9. The van der Waals surface area contributed by atoms with E-state index in [1.807, 2.05) is 18.9 Å². The number of aryl methyl sites for hydroxylation is 1. The number of piperazine rings is 1. The van der Waals surface area contributed by atoms with E-state index < -0.39 is 17.2 Å². The molecule has 1 fully saturated rings. The van der Waals surface area contributed by atoms with Crippen molar-refractivity contribution in [2.75, 3.05) is 43.6 Å². The molecule has 2 N–H and O–H groups in total. The smallest absolute Gasteiger partial charge is 0.275 e. The number of nitrogens with zero attached hydrogens (tertiary/aromatic N) is 3. The molecule has 3 aromatic rings. The molecule has 0 spiro atoms. The highest BCUT2D eigenvalue weighted by molar-refractivity contribution is 6.30. The van der Waals surface area contributed by atoms with E-state index in [0.717, 1.165) is 13.1 Å². The highest BCUT2D eigenvalue weighted by atomic mass is 35.5. The molecule has 1 amide bonds. The Morgan fingerprint density at radius 3 is 2.47 bits per heavy atom. The molecule has 1 saturated heterocycles. The Balaban J connectivity index is 1.66. The quantitative estimate of drug-likeness (QED) is 0.575. The van der Waals surface area contributed by atoms with Crippen molar-refractivity contribution in [1.29, 1.82) is 0 Å². The summed E-state index contributed by atoms with van der Waals surface area (Å²) in [4.78, 5) is 30.0. The third-order valence-corrected chi connectivity index (χ3v) is 5.99. The van der Waals surface area contributed by atoms with Crippen LogP contribution in [0.2, 0.25) is 5.02 Å². The second kappa shape index (κ2) is 9.18. The fourth-order valence-corrected chi connectivity index (χ4v) is 3.97. The zero-order chi connectivity index (χ0) is 22.8. The molecule has 32 heavy (non-hydrogen) atoms. The van der Waals surface area contributed by atoms with E-state index in [1.165, 1.54) is 12.3 Å². The zero-order valence-corrected chi connectivity index (χ0v) is 18.7. The average Bonchev–Trinajstić information content (AvgIpc) is 2.79. The Morgan fingerprint density at radius 1 is 1.12 bits per heavy atom. The fraction of sp³-hybridized carbons (Fsp3) is 0.304. The van der Waals surface area contributed by atoms with Gasteiger partial charge in [-0.2, -0.15) is 0 Å². The van der Waals surface area contributed by atoms with Gasteiger partial charge in [-0.05, 0) is 50.4 Å². The van der Waals surface area contributed by atoms with Crippen LogP contribution in [-0.2, 0) is 6.54 Å². The summed E-state index contributed by atoms with van der Waals surface area (Å²) in [6.45, 7) is 5.56. The Labute approximate surface area is 190 Å². The Kier molecular flexibility index (Phi) is 6.34. The van der Waals surface area contributed by atoms with Gasteiger partial charge in [0.05, 0.1) is 16.9 Å². The van der Waals surface area contributed by atoms with Crippen molar-refractivity contribution >= 4 is 39.8 Å². The summed E-state index contributed by atoms with van der Waals surface area (Å²) >= 11 is 5.86. The van der Waals surface area contributed by atoms with Crippen molar-refractivity contribution < 1.29 is 9.18 Å². The number of aromatic nitrogens is 1. The van der Waals surface area contributed by atoms with Crippen LogP contribution >= 0.6 is 11.6 Å². The highest BCUT2D eigenvalue weighted by Crippen LogP contribution is 2.26. The number of rotatable bonds is 5. The van der Waals surface area contributed by atoms with Crippen LogP contribution in [0.15, 0.2) is 47.4 Å². The topological polar surface area (TPSA) is 69.6 Å². The normalized spacial score (nSPS) is 14.6. The SMILES string of the molecule is CCn1cc(C(=O)NNc2ccc(Cl)cc2)c(=O)c2cc(F)c(N3CCN(C)CC3)cc21. The number of hydrogen-bond donors (Lipinski definition) is 2. The number of carbonyl (C=O) groups is 1. The Morgan fingerprint density at radius 2 is 1.81 bits per heavy atom. The molecule has 1 aliphatic heterocycles. The van der Waals surface area contributed by atoms with Gasteiger partial charge in [0.2, 0.25) is 5.43 Å². The molecule has 7 nitrogen and oxygen atoms in total. The van der Waals surface area contributed by atoms with Crippen molar-refractivity contribution in [3.63, 3.8) is 0 Å². The third-order valence-electron chi connectivity index (χ3n) is 5.74. The number of anilines is 2. The van der Waals surface area contributed by atoms with E-state index in [1.54, 1.807) is 34.9 Å². The van der Waals surface area contributed by atoms with Crippen molar-refractivity contribution in [3.8, 4) is 0 Å². The summed E-state index contributed by atoms with van der Waals surface area (Å²) in [5.41, 5.74) is 6.41. The van der Waals surface area contributed by atoms with Crippen LogP contribution in [0.1, 0.15) is 17.3 Å². The van der Waals surface area contributed by atoms with Crippen LogP contribution in [-0.4, -0.2) is 48.6 Å². The van der Waals surface area contributed by atoms with Crippen molar-refractivity contribution in [1.82, 2.24) is 14.9 Å². The molecule has 0 bridgehead atoms. The number of hydrazine groups is 1. The summed E-state index contributed by atoms with van der Waals surface area (Å²) in [6.07, 6.45) is 1.52. The van der Waals surface area contributed by atoms with Gasteiger partial charge in [-0.15, -0.1) is 0 Å². The lowest BCUT2D eigenvalue weighted by Crippen LogP contribution is -2.44. The molecule has 0 aliphatic carbocycles. The largest absolute Gasteiger partial charge is 0.367 e. The zero-order valence-electron chi connectivity index (χ0n) is 18.0. The van der Waals surface area contributed by atoms with E-state index in [0.29, 0.717) is 41.5 Å². The van der Waals surface area contributed by atoms with Gasteiger partial charge in [0.15, 0.2) is 0 Å². The molecular weight excluding hydrogens is 433 g/mol. The van der Waals surface area contributed by atoms with Crippen LogP contribution in [0.25, 0.3) is 10.9 Å². The minimum absolute atomic E-state index is 0.0624. The predicted octanol–water partition coefficient (Wildman–Crippen LogP) is 3.32. The maximum absolute atomic E-state index is 15.0. The van der Waals surface area contributed by atoms with E-state index in [-0.39, 0.29) is 10.9 Å². The van der Waals surface area contributed by atoms with E-state index in [2.05, 4.69) is 15.8 Å². The maximum Gasteiger partial charge on any atom is 0.275 e. The molecule has 1 aliphatic rings. The average molecular weight is 458 g/mol.